The molecule has 2 aliphatic carbocycles. The Bertz CT molecular complexity index is 471. The molecule has 25 heavy (non-hydrogen) atoms. The van der Waals surface area contributed by atoms with Gasteiger partial charge in [-0.05, 0) is 92.9 Å². The molecule has 0 aromatic carbocycles. The van der Waals surface area contributed by atoms with Crippen LogP contribution in [0.5, 0.6) is 0 Å². The molecule has 2 saturated heterocycles. The standard InChI is InChI=1S/C21H37N3S/c22-19(25)24-15-12-20(7-3-1-4-8-20)18(16-24)17-6-2-5-9-21(17)10-13-23-14-11-21/h17-18,23H,1-16H2,(H2,22,25). The van der Waals surface area contributed by atoms with Gasteiger partial charge >= 0.3 is 0 Å². The second kappa shape index (κ2) is 7.34. The zero-order chi connectivity index (χ0) is 17.3. The highest BCUT2D eigenvalue weighted by Gasteiger charge is 2.53. The zero-order valence-corrected chi connectivity index (χ0v) is 16.7. The number of hydrogen-bond donors (Lipinski definition) is 2. The molecule has 0 amide bonds. The van der Waals surface area contributed by atoms with E-state index in [0.29, 0.717) is 15.9 Å². The van der Waals surface area contributed by atoms with Crippen LogP contribution in [0.1, 0.15) is 77.0 Å². The molecule has 2 unspecified atom stereocenters. The topological polar surface area (TPSA) is 41.3 Å². The zero-order valence-electron chi connectivity index (χ0n) is 15.9. The fraction of sp³-hybridized carbons (Fsp3) is 0.952. The van der Waals surface area contributed by atoms with E-state index in [1.807, 2.05) is 0 Å². The highest BCUT2D eigenvalue weighted by molar-refractivity contribution is 7.80. The molecule has 3 N–H and O–H groups in total. The van der Waals surface area contributed by atoms with Gasteiger partial charge in [0.15, 0.2) is 5.11 Å². The molecule has 0 aromatic rings. The van der Waals surface area contributed by atoms with Gasteiger partial charge in [0, 0.05) is 13.1 Å². The van der Waals surface area contributed by atoms with Gasteiger partial charge < -0.3 is 16.0 Å². The minimum atomic E-state index is 0.597. The van der Waals surface area contributed by atoms with Crippen molar-refractivity contribution in [1.29, 1.82) is 0 Å². The van der Waals surface area contributed by atoms with E-state index in [4.69, 9.17) is 18.0 Å². The molecule has 2 aliphatic heterocycles. The lowest BCUT2D eigenvalue weighted by atomic mass is 9.50. The molecular weight excluding hydrogens is 326 g/mol. The number of hydrogen-bond acceptors (Lipinski definition) is 2. The van der Waals surface area contributed by atoms with Crippen LogP contribution in [0.3, 0.4) is 0 Å². The maximum absolute atomic E-state index is 6.09. The summed E-state index contributed by atoms with van der Waals surface area (Å²) in [7, 11) is 0. The number of nitrogens with one attached hydrogen (secondary N) is 1. The molecule has 4 fully saturated rings. The maximum Gasteiger partial charge on any atom is 0.166 e. The number of piperidine rings is 2. The Kier molecular flexibility index (Phi) is 5.30. The van der Waals surface area contributed by atoms with Gasteiger partial charge in [0.25, 0.3) is 0 Å². The van der Waals surface area contributed by atoms with Crippen molar-refractivity contribution in [2.45, 2.75) is 77.0 Å². The predicted octanol–water partition coefficient (Wildman–Crippen LogP) is 4.06. The SMILES string of the molecule is NC(=S)N1CCC2(CCCCC2)C(C2CCCCC23CCNCC3)C1. The Morgan fingerprint density at radius 1 is 0.840 bits per heavy atom. The van der Waals surface area contributed by atoms with Crippen molar-refractivity contribution in [3.8, 4) is 0 Å². The van der Waals surface area contributed by atoms with E-state index in [1.165, 1.54) is 90.1 Å². The van der Waals surface area contributed by atoms with Crippen molar-refractivity contribution < 1.29 is 0 Å². The van der Waals surface area contributed by atoms with Crippen LogP contribution in [0.15, 0.2) is 0 Å². The summed E-state index contributed by atoms with van der Waals surface area (Å²) in [6.45, 7) is 4.72. The first-order valence-corrected chi connectivity index (χ1v) is 11.3. The second-order valence-electron chi connectivity index (χ2n) is 9.53. The summed E-state index contributed by atoms with van der Waals surface area (Å²) < 4.78 is 0. The fourth-order valence-corrected chi connectivity index (χ4v) is 7.37. The minimum absolute atomic E-state index is 0.597. The molecule has 3 nitrogen and oxygen atoms in total. The number of nitrogens with zero attached hydrogens (tertiary/aromatic N) is 1. The van der Waals surface area contributed by atoms with Crippen LogP contribution in [0.4, 0.5) is 0 Å². The molecular formula is C21H37N3S. The summed E-state index contributed by atoms with van der Waals surface area (Å²) >= 11 is 5.40. The molecule has 2 saturated carbocycles. The van der Waals surface area contributed by atoms with Gasteiger partial charge in [-0.1, -0.05) is 32.1 Å². The van der Waals surface area contributed by atoms with Gasteiger partial charge in [-0.2, -0.15) is 0 Å². The molecule has 4 heteroatoms. The Morgan fingerprint density at radius 3 is 2.16 bits per heavy atom. The third-order valence-corrected chi connectivity index (χ3v) is 8.81. The Balaban J connectivity index is 1.65. The molecule has 4 rings (SSSR count). The number of rotatable bonds is 1. The number of thiocarbonyl (C=S) groups is 1. The van der Waals surface area contributed by atoms with E-state index < -0.39 is 0 Å². The van der Waals surface area contributed by atoms with Crippen LogP contribution in [0.25, 0.3) is 0 Å². The van der Waals surface area contributed by atoms with Gasteiger partial charge in [0.05, 0.1) is 0 Å². The lowest BCUT2D eigenvalue weighted by molar-refractivity contribution is -0.0794. The Morgan fingerprint density at radius 2 is 1.48 bits per heavy atom. The van der Waals surface area contributed by atoms with E-state index in [0.717, 1.165) is 24.9 Å². The predicted molar refractivity (Wildman–Crippen MR) is 108 cm³/mol. The molecule has 0 aromatic heterocycles. The summed E-state index contributed by atoms with van der Waals surface area (Å²) in [5, 5.41) is 4.27. The van der Waals surface area contributed by atoms with Crippen molar-refractivity contribution in [3.05, 3.63) is 0 Å². The third-order valence-electron chi connectivity index (χ3n) is 8.56. The molecule has 2 atom stereocenters. The molecule has 142 valence electrons. The van der Waals surface area contributed by atoms with E-state index in [9.17, 15) is 0 Å². The first-order chi connectivity index (χ1) is 12.2. The number of likely N-dealkylation sites (tertiary alicyclic amines) is 1. The summed E-state index contributed by atoms with van der Waals surface area (Å²) in [6.07, 6.45) is 17.2. The van der Waals surface area contributed by atoms with Crippen LogP contribution in [-0.2, 0) is 0 Å². The molecule has 0 bridgehead atoms. The van der Waals surface area contributed by atoms with E-state index in [1.54, 1.807) is 0 Å². The van der Waals surface area contributed by atoms with Crippen molar-refractivity contribution in [2.75, 3.05) is 26.2 Å². The van der Waals surface area contributed by atoms with Gasteiger partial charge in [-0.25, -0.2) is 0 Å². The fourth-order valence-electron chi connectivity index (χ4n) is 7.20. The van der Waals surface area contributed by atoms with Gasteiger partial charge in [0.1, 0.15) is 0 Å². The summed E-state index contributed by atoms with van der Waals surface area (Å²) in [5.74, 6) is 1.72. The van der Waals surface area contributed by atoms with Crippen LogP contribution in [0, 0.1) is 22.7 Å². The average molecular weight is 364 g/mol. The highest BCUT2D eigenvalue weighted by Crippen LogP contribution is 2.59. The lowest BCUT2D eigenvalue weighted by Crippen LogP contribution is -2.57. The highest BCUT2D eigenvalue weighted by atomic mass is 32.1. The summed E-state index contributed by atoms with van der Waals surface area (Å²) in [5.41, 5.74) is 7.30. The molecule has 0 radical (unpaired) electrons. The molecule has 2 spiro atoms. The van der Waals surface area contributed by atoms with Gasteiger partial charge in [-0.3, -0.25) is 0 Å². The van der Waals surface area contributed by atoms with Crippen molar-refractivity contribution in [3.63, 3.8) is 0 Å². The maximum atomic E-state index is 6.09. The first-order valence-electron chi connectivity index (χ1n) is 10.9. The quantitative estimate of drug-likeness (QED) is 0.689. The van der Waals surface area contributed by atoms with Crippen molar-refractivity contribution in [2.24, 2.45) is 28.4 Å². The largest absolute Gasteiger partial charge is 0.376 e. The van der Waals surface area contributed by atoms with Crippen molar-refractivity contribution >= 4 is 17.3 Å². The monoisotopic (exact) mass is 363 g/mol. The Hall–Kier alpha value is -0.350. The summed E-state index contributed by atoms with van der Waals surface area (Å²) in [4.78, 5) is 2.35. The van der Waals surface area contributed by atoms with E-state index in [-0.39, 0.29) is 0 Å². The van der Waals surface area contributed by atoms with Crippen LogP contribution < -0.4 is 11.1 Å². The Labute approximate surface area is 159 Å². The molecule has 2 heterocycles. The normalized spacial score (nSPS) is 35.0. The smallest absolute Gasteiger partial charge is 0.166 e. The van der Waals surface area contributed by atoms with Crippen molar-refractivity contribution in [1.82, 2.24) is 10.2 Å². The second-order valence-corrected chi connectivity index (χ2v) is 9.95. The minimum Gasteiger partial charge on any atom is -0.376 e. The van der Waals surface area contributed by atoms with Gasteiger partial charge in [0.2, 0.25) is 0 Å². The van der Waals surface area contributed by atoms with Gasteiger partial charge in [-0.15, -0.1) is 0 Å². The molecule has 4 aliphatic rings. The van der Waals surface area contributed by atoms with E-state index >= 15 is 0 Å². The first kappa shape index (κ1) is 18.0. The third kappa shape index (κ3) is 3.34. The van der Waals surface area contributed by atoms with Crippen LogP contribution >= 0.6 is 12.2 Å². The lowest BCUT2D eigenvalue weighted by Gasteiger charge is -2.59. The van der Waals surface area contributed by atoms with Crippen LogP contribution in [0.2, 0.25) is 0 Å². The number of nitrogens with two attached hydrogens (primary N) is 1. The van der Waals surface area contributed by atoms with Crippen LogP contribution in [-0.4, -0.2) is 36.2 Å². The average Bonchev–Trinajstić information content (AvgIpc) is 2.64. The summed E-state index contributed by atoms with van der Waals surface area (Å²) in [6, 6.07) is 0. The van der Waals surface area contributed by atoms with E-state index in [2.05, 4.69) is 10.2 Å².